The van der Waals surface area contributed by atoms with Gasteiger partial charge in [0.2, 0.25) is 23.6 Å². The van der Waals surface area contributed by atoms with Gasteiger partial charge in [0, 0.05) is 66.7 Å². The number of piperidine rings is 1. The molecule has 2 fully saturated rings. The molecular formula is C48H54F3N7O9. The van der Waals surface area contributed by atoms with Crippen molar-refractivity contribution in [3.63, 3.8) is 0 Å². The van der Waals surface area contributed by atoms with E-state index in [2.05, 4.69) is 30.8 Å². The van der Waals surface area contributed by atoms with E-state index in [1.807, 2.05) is 18.2 Å². The minimum absolute atomic E-state index is 0.0905. The van der Waals surface area contributed by atoms with Crippen LogP contribution >= 0.6 is 0 Å². The molecule has 4 aromatic rings. The lowest BCUT2D eigenvalue weighted by Gasteiger charge is -2.30. The number of morpholine rings is 1. The fourth-order valence-corrected chi connectivity index (χ4v) is 8.20. The van der Waals surface area contributed by atoms with Crippen LogP contribution in [-0.2, 0) is 47.7 Å². The van der Waals surface area contributed by atoms with E-state index in [1.54, 1.807) is 30.2 Å². The lowest BCUT2D eigenvalue weighted by atomic mass is 9.98. The van der Waals surface area contributed by atoms with Crippen molar-refractivity contribution in [2.75, 3.05) is 76.1 Å². The van der Waals surface area contributed by atoms with Crippen molar-refractivity contribution in [3.8, 4) is 17.0 Å². The van der Waals surface area contributed by atoms with Gasteiger partial charge in [-0.25, -0.2) is 4.98 Å². The summed E-state index contributed by atoms with van der Waals surface area (Å²) in [6, 6.07) is 12.9. The number of benzene rings is 2. The fourth-order valence-electron chi connectivity index (χ4n) is 8.20. The number of rotatable bonds is 21. The first-order valence-corrected chi connectivity index (χ1v) is 22.4. The van der Waals surface area contributed by atoms with Crippen LogP contribution in [0.25, 0.3) is 11.1 Å². The highest BCUT2D eigenvalue weighted by Crippen LogP contribution is 2.35. The molecule has 1 atom stereocenters. The molecule has 3 aliphatic heterocycles. The number of hydrogen-bond acceptors (Lipinski definition) is 12. The summed E-state index contributed by atoms with van der Waals surface area (Å²) in [6.07, 6.45) is 3.44. The molecule has 0 saturated carbocycles. The molecule has 2 aromatic carbocycles. The predicted molar refractivity (Wildman–Crippen MR) is 239 cm³/mol. The van der Waals surface area contributed by atoms with E-state index >= 15 is 0 Å². The Morgan fingerprint density at radius 1 is 0.896 bits per heavy atom. The second-order valence-electron chi connectivity index (χ2n) is 16.4. The van der Waals surface area contributed by atoms with Crippen LogP contribution in [0.15, 0.2) is 67.0 Å². The van der Waals surface area contributed by atoms with Crippen molar-refractivity contribution < 1.29 is 56.1 Å². The third-order valence-electron chi connectivity index (χ3n) is 11.7. The van der Waals surface area contributed by atoms with E-state index in [-0.39, 0.29) is 62.7 Å². The minimum Gasteiger partial charge on any atom is -0.474 e. The molecule has 2 saturated heterocycles. The number of pyridine rings is 2. The van der Waals surface area contributed by atoms with Crippen molar-refractivity contribution in [3.05, 3.63) is 101 Å². The molecule has 5 amide bonds. The first kappa shape index (κ1) is 48.5. The number of nitrogens with zero attached hydrogens (tertiary/aromatic N) is 4. The third kappa shape index (κ3) is 12.9. The van der Waals surface area contributed by atoms with Crippen LogP contribution in [0.3, 0.4) is 0 Å². The van der Waals surface area contributed by atoms with Gasteiger partial charge in [-0.05, 0) is 80.1 Å². The fraction of sp³-hybridized carbons (Fsp3) is 0.438. The number of amides is 5. The van der Waals surface area contributed by atoms with Crippen molar-refractivity contribution in [1.82, 2.24) is 25.5 Å². The summed E-state index contributed by atoms with van der Waals surface area (Å²) in [5.74, 6) is -1.43. The molecule has 0 aliphatic carbocycles. The number of aromatic nitrogens is 2. The molecule has 3 aliphatic rings. The minimum atomic E-state index is -4.58. The van der Waals surface area contributed by atoms with Gasteiger partial charge in [-0.1, -0.05) is 31.0 Å². The number of unbranched alkanes of at least 4 members (excludes halogenated alkanes) is 3. The van der Waals surface area contributed by atoms with Gasteiger partial charge in [-0.2, -0.15) is 13.2 Å². The summed E-state index contributed by atoms with van der Waals surface area (Å²) in [5, 5.41) is 7.88. The van der Waals surface area contributed by atoms with Gasteiger partial charge in [-0.3, -0.25) is 34.3 Å². The molecule has 356 valence electrons. The smallest absolute Gasteiger partial charge is 0.416 e. The largest absolute Gasteiger partial charge is 0.474 e. The van der Waals surface area contributed by atoms with Crippen LogP contribution in [0.1, 0.15) is 81.6 Å². The molecule has 16 nitrogen and oxygen atoms in total. The highest BCUT2D eigenvalue weighted by Gasteiger charge is 2.39. The van der Waals surface area contributed by atoms with Crippen LogP contribution in [0.5, 0.6) is 5.88 Å². The number of aryl methyl sites for hydroxylation is 2. The summed E-state index contributed by atoms with van der Waals surface area (Å²) in [7, 11) is 0. The van der Waals surface area contributed by atoms with E-state index in [4.69, 9.17) is 18.9 Å². The Morgan fingerprint density at radius 3 is 2.48 bits per heavy atom. The molecule has 67 heavy (non-hydrogen) atoms. The molecule has 0 spiro atoms. The number of ether oxygens (including phenoxy) is 4. The SMILES string of the molecule is Cc1ncc(NC(=O)c2cccc(C(F)(F)F)c2)cc1-c1cnc(OCCOCCOCC(=O)NCCCCCCc2cccc3c2CN(C2CCC(=O)NC2=O)C3=O)c(N2CCOCC2)c1. The normalized spacial score (nSPS) is 16.2. The number of carbonyl (C=O) groups excluding carboxylic acids is 5. The lowest BCUT2D eigenvalue weighted by molar-refractivity contribution is -0.138. The zero-order valence-electron chi connectivity index (χ0n) is 37.3. The maximum Gasteiger partial charge on any atom is 0.416 e. The summed E-state index contributed by atoms with van der Waals surface area (Å²) >= 11 is 0. The maximum absolute atomic E-state index is 13.3. The van der Waals surface area contributed by atoms with Crippen LogP contribution < -0.4 is 25.6 Å². The number of fused-ring (bicyclic) bond motifs is 1. The lowest BCUT2D eigenvalue weighted by Crippen LogP contribution is -2.52. The Kier molecular flexibility index (Phi) is 16.5. The van der Waals surface area contributed by atoms with Gasteiger partial charge < -0.3 is 39.4 Å². The number of halogens is 3. The van der Waals surface area contributed by atoms with Crippen molar-refractivity contribution >= 4 is 40.9 Å². The van der Waals surface area contributed by atoms with Crippen molar-refractivity contribution in [2.24, 2.45) is 0 Å². The standard InChI is InChI=1S/C48H54F3N7O9/c1-31-38(26-36(28-53-31)55-44(61)33-10-6-11-35(24-33)48(49,50)51)34-25-41(57-16-18-64-19-17-57)46(54-27-34)67-23-22-65-20-21-66-30-43(60)52-15-5-3-2-4-8-32-9-7-12-37-39(32)29-58(47(37)63)40-13-14-42(59)56-45(40)62/h6-7,9-12,24-28,40H,2-5,8,13-23,29-30H2,1H3,(H,52,60)(H,55,61)(H,56,59,62). The summed E-state index contributed by atoms with van der Waals surface area (Å²) < 4.78 is 62.5. The number of imide groups is 1. The first-order chi connectivity index (χ1) is 32.4. The average molecular weight is 930 g/mol. The van der Waals surface area contributed by atoms with Gasteiger partial charge in [0.05, 0.1) is 50.5 Å². The van der Waals surface area contributed by atoms with Gasteiger partial charge >= 0.3 is 6.18 Å². The van der Waals surface area contributed by atoms with E-state index in [0.29, 0.717) is 79.8 Å². The number of anilines is 2. The quantitative estimate of drug-likeness (QED) is 0.0689. The third-order valence-corrected chi connectivity index (χ3v) is 11.7. The Balaban J connectivity index is 0.785. The topological polar surface area (TPSA) is 191 Å². The number of alkyl halides is 3. The Bertz CT molecular complexity index is 2430. The van der Waals surface area contributed by atoms with E-state index in [1.165, 1.54) is 18.3 Å². The van der Waals surface area contributed by atoms with Crippen molar-refractivity contribution in [1.29, 1.82) is 0 Å². The molecule has 5 heterocycles. The monoisotopic (exact) mass is 929 g/mol. The molecule has 0 radical (unpaired) electrons. The Morgan fingerprint density at radius 2 is 1.67 bits per heavy atom. The molecule has 0 bridgehead atoms. The van der Waals surface area contributed by atoms with Crippen LogP contribution in [0, 0.1) is 6.92 Å². The molecule has 2 aromatic heterocycles. The van der Waals surface area contributed by atoms with Crippen LogP contribution in [0.2, 0.25) is 0 Å². The number of hydrogen-bond donors (Lipinski definition) is 3. The summed E-state index contributed by atoms with van der Waals surface area (Å²) in [4.78, 5) is 75.1. The maximum atomic E-state index is 13.3. The van der Waals surface area contributed by atoms with E-state index in [0.717, 1.165) is 61.1 Å². The van der Waals surface area contributed by atoms with Crippen LogP contribution in [-0.4, -0.2) is 116 Å². The highest BCUT2D eigenvalue weighted by molar-refractivity contribution is 6.06. The Labute approximate surface area is 385 Å². The highest BCUT2D eigenvalue weighted by atomic mass is 19.4. The Hall–Kier alpha value is -6.44. The van der Waals surface area contributed by atoms with Gasteiger partial charge in [0.1, 0.15) is 24.9 Å². The number of carbonyl (C=O) groups is 5. The van der Waals surface area contributed by atoms with E-state index < -0.39 is 29.6 Å². The predicted octanol–water partition coefficient (Wildman–Crippen LogP) is 5.65. The zero-order chi connectivity index (χ0) is 47.3. The van der Waals surface area contributed by atoms with E-state index in [9.17, 15) is 37.1 Å². The second kappa shape index (κ2) is 22.8. The number of nitrogens with one attached hydrogen (secondary N) is 3. The second-order valence-corrected chi connectivity index (χ2v) is 16.4. The van der Waals surface area contributed by atoms with Gasteiger partial charge in [0.15, 0.2) is 0 Å². The molecule has 7 rings (SSSR count). The molecule has 3 N–H and O–H groups in total. The summed E-state index contributed by atoms with van der Waals surface area (Å²) in [6.45, 7) is 5.74. The zero-order valence-corrected chi connectivity index (χ0v) is 37.3. The van der Waals surface area contributed by atoms with Crippen LogP contribution in [0.4, 0.5) is 24.5 Å². The molecular weight excluding hydrogens is 876 g/mol. The van der Waals surface area contributed by atoms with Gasteiger partial charge in [0.25, 0.3) is 11.8 Å². The van der Waals surface area contributed by atoms with Crippen molar-refractivity contribution in [2.45, 2.75) is 70.6 Å². The average Bonchev–Trinajstić information content (AvgIpc) is 3.66. The molecule has 1 unspecified atom stereocenters. The summed E-state index contributed by atoms with van der Waals surface area (Å²) in [5.41, 5.74) is 4.63. The van der Waals surface area contributed by atoms with Gasteiger partial charge in [-0.15, -0.1) is 0 Å². The first-order valence-electron chi connectivity index (χ1n) is 22.4. The molecule has 19 heteroatoms.